The number of methoxy groups -OCH3 is 1. The molecule has 0 radical (unpaired) electrons. The number of rotatable bonds is 4. The molecule has 3 atom stereocenters. The number of nitriles is 1. The van der Waals surface area contributed by atoms with E-state index in [9.17, 15) is 0 Å². The normalized spacial score (nSPS) is 24.5. The summed E-state index contributed by atoms with van der Waals surface area (Å²) in [5, 5.41) is 12.7. The Balaban J connectivity index is 2.07. The van der Waals surface area contributed by atoms with Crippen molar-refractivity contribution in [2.75, 3.05) is 7.11 Å². The molecule has 2 unspecified atom stereocenters. The second-order valence-electron chi connectivity index (χ2n) is 4.90. The number of nitrogens with one attached hydrogen (secondary N) is 1. The van der Waals surface area contributed by atoms with Gasteiger partial charge in [0.05, 0.1) is 19.1 Å². The highest BCUT2D eigenvalue weighted by Crippen LogP contribution is 2.30. The van der Waals surface area contributed by atoms with Gasteiger partial charge in [0.2, 0.25) is 0 Å². The van der Waals surface area contributed by atoms with Crippen molar-refractivity contribution in [1.29, 1.82) is 5.26 Å². The molecule has 0 heterocycles. The number of hydrogen-bond donors (Lipinski definition) is 1. The molecule has 0 aromatic heterocycles. The Labute approximate surface area is 109 Å². The van der Waals surface area contributed by atoms with Crippen LogP contribution in [0.4, 0.5) is 0 Å². The number of nitrogens with zero attached hydrogens (tertiary/aromatic N) is 1. The molecule has 3 nitrogen and oxygen atoms in total. The molecule has 2 rings (SSSR count). The molecule has 0 spiro atoms. The third-order valence-corrected chi connectivity index (χ3v) is 3.75. The zero-order chi connectivity index (χ0) is 13.0. The van der Waals surface area contributed by atoms with Gasteiger partial charge < -0.3 is 10.1 Å². The highest BCUT2D eigenvalue weighted by Gasteiger charge is 2.28. The molecule has 1 aromatic carbocycles. The molecule has 0 aliphatic heterocycles. The lowest BCUT2D eigenvalue weighted by molar-refractivity contribution is 0.382. The monoisotopic (exact) mass is 244 g/mol. The quantitative estimate of drug-likeness (QED) is 0.885. The van der Waals surface area contributed by atoms with Gasteiger partial charge in [-0.25, -0.2) is 0 Å². The van der Waals surface area contributed by atoms with Crippen LogP contribution in [-0.2, 0) is 0 Å². The standard InChI is InChI=1S/C15H20N2O/c1-11(13-7-3-4-9-15(13)18-2)17-14-8-5-6-12(14)10-16/h3-4,7,9,11-12,14,17H,5-6,8H2,1-2H3/t11-,12?,14?/m0/s1. The van der Waals surface area contributed by atoms with E-state index >= 15 is 0 Å². The molecule has 0 saturated heterocycles. The van der Waals surface area contributed by atoms with Crippen molar-refractivity contribution < 1.29 is 4.74 Å². The van der Waals surface area contributed by atoms with E-state index in [1.54, 1.807) is 7.11 Å². The predicted octanol–water partition coefficient (Wildman–Crippen LogP) is 3.04. The number of ether oxygens (including phenoxy) is 1. The summed E-state index contributed by atoms with van der Waals surface area (Å²) < 4.78 is 5.38. The van der Waals surface area contributed by atoms with Gasteiger partial charge in [-0.15, -0.1) is 0 Å². The second-order valence-corrected chi connectivity index (χ2v) is 4.90. The van der Waals surface area contributed by atoms with Crippen LogP contribution in [0.3, 0.4) is 0 Å². The van der Waals surface area contributed by atoms with E-state index in [4.69, 9.17) is 10.00 Å². The average Bonchev–Trinajstić information content (AvgIpc) is 2.85. The van der Waals surface area contributed by atoms with Crippen LogP contribution in [0.5, 0.6) is 5.75 Å². The van der Waals surface area contributed by atoms with Gasteiger partial charge >= 0.3 is 0 Å². The molecule has 1 aromatic rings. The van der Waals surface area contributed by atoms with E-state index in [1.165, 1.54) is 0 Å². The van der Waals surface area contributed by atoms with Gasteiger partial charge in [0.15, 0.2) is 0 Å². The molecule has 18 heavy (non-hydrogen) atoms. The topological polar surface area (TPSA) is 45.0 Å². The van der Waals surface area contributed by atoms with Crippen LogP contribution in [0.2, 0.25) is 0 Å². The third kappa shape index (κ3) is 2.65. The Morgan fingerprint density at radius 3 is 2.89 bits per heavy atom. The van der Waals surface area contributed by atoms with Gasteiger partial charge in [0.1, 0.15) is 5.75 Å². The Morgan fingerprint density at radius 2 is 2.17 bits per heavy atom. The van der Waals surface area contributed by atoms with Crippen LogP contribution in [0.25, 0.3) is 0 Å². The Hall–Kier alpha value is -1.53. The molecule has 1 N–H and O–H groups in total. The summed E-state index contributed by atoms with van der Waals surface area (Å²) in [5.74, 6) is 1.06. The molecule has 1 aliphatic rings. The fourth-order valence-electron chi connectivity index (χ4n) is 2.75. The van der Waals surface area contributed by atoms with E-state index < -0.39 is 0 Å². The molecular weight excluding hydrogens is 224 g/mol. The van der Waals surface area contributed by atoms with E-state index in [1.807, 2.05) is 18.2 Å². The molecule has 1 aliphatic carbocycles. The maximum Gasteiger partial charge on any atom is 0.123 e. The largest absolute Gasteiger partial charge is 0.496 e. The molecule has 3 heteroatoms. The van der Waals surface area contributed by atoms with Crippen molar-refractivity contribution in [1.82, 2.24) is 5.32 Å². The van der Waals surface area contributed by atoms with Gasteiger partial charge in [0, 0.05) is 17.6 Å². The Kier molecular flexibility index (Phi) is 4.22. The molecule has 1 fully saturated rings. The van der Waals surface area contributed by atoms with E-state index in [0.29, 0.717) is 6.04 Å². The fourth-order valence-corrected chi connectivity index (χ4v) is 2.75. The average molecular weight is 244 g/mol. The first-order valence-corrected chi connectivity index (χ1v) is 6.55. The van der Waals surface area contributed by atoms with Crippen LogP contribution in [0.15, 0.2) is 24.3 Å². The number of hydrogen-bond acceptors (Lipinski definition) is 3. The number of para-hydroxylation sites is 1. The number of benzene rings is 1. The van der Waals surface area contributed by atoms with Crippen molar-refractivity contribution >= 4 is 0 Å². The fraction of sp³-hybridized carbons (Fsp3) is 0.533. The van der Waals surface area contributed by atoms with Gasteiger partial charge in [-0.3, -0.25) is 0 Å². The van der Waals surface area contributed by atoms with Gasteiger partial charge in [0.25, 0.3) is 0 Å². The maximum atomic E-state index is 9.11. The maximum absolute atomic E-state index is 9.11. The molecular formula is C15H20N2O. The first-order chi connectivity index (χ1) is 8.76. The smallest absolute Gasteiger partial charge is 0.123 e. The lowest BCUT2D eigenvalue weighted by Gasteiger charge is -2.23. The van der Waals surface area contributed by atoms with Crippen molar-refractivity contribution in [2.45, 2.75) is 38.3 Å². The van der Waals surface area contributed by atoms with Crippen LogP contribution in [-0.4, -0.2) is 13.2 Å². The second kappa shape index (κ2) is 5.88. The summed E-state index contributed by atoms with van der Waals surface area (Å²) in [7, 11) is 1.69. The SMILES string of the molecule is COc1ccccc1[C@H](C)NC1CCCC1C#N. The van der Waals surface area contributed by atoms with Crippen LogP contribution >= 0.6 is 0 Å². The van der Waals surface area contributed by atoms with Crippen molar-refractivity contribution in [3.05, 3.63) is 29.8 Å². The van der Waals surface area contributed by atoms with Crippen LogP contribution in [0, 0.1) is 17.2 Å². The van der Waals surface area contributed by atoms with Crippen molar-refractivity contribution in [3.8, 4) is 11.8 Å². The third-order valence-electron chi connectivity index (χ3n) is 3.75. The van der Waals surface area contributed by atoms with Gasteiger partial charge in [-0.05, 0) is 25.8 Å². The first-order valence-electron chi connectivity index (χ1n) is 6.55. The summed E-state index contributed by atoms with van der Waals surface area (Å²) in [6.45, 7) is 2.13. The zero-order valence-corrected chi connectivity index (χ0v) is 11.0. The summed E-state index contributed by atoms with van der Waals surface area (Å²) in [6, 6.07) is 11.0. The zero-order valence-electron chi connectivity index (χ0n) is 11.0. The summed E-state index contributed by atoms with van der Waals surface area (Å²) in [4.78, 5) is 0. The Morgan fingerprint density at radius 1 is 1.39 bits per heavy atom. The van der Waals surface area contributed by atoms with Crippen molar-refractivity contribution in [3.63, 3.8) is 0 Å². The van der Waals surface area contributed by atoms with Crippen LogP contribution < -0.4 is 10.1 Å². The molecule has 0 bridgehead atoms. The van der Waals surface area contributed by atoms with E-state index in [0.717, 1.165) is 30.6 Å². The van der Waals surface area contributed by atoms with Crippen molar-refractivity contribution in [2.24, 2.45) is 5.92 Å². The van der Waals surface area contributed by atoms with Gasteiger partial charge in [-0.1, -0.05) is 24.6 Å². The first kappa shape index (κ1) is 12.9. The molecule has 1 saturated carbocycles. The van der Waals surface area contributed by atoms with Gasteiger partial charge in [-0.2, -0.15) is 5.26 Å². The minimum atomic E-state index is 0.155. The predicted molar refractivity (Wildman–Crippen MR) is 71.3 cm³/mol. The highest BCUT2D eigenvalue weighted by molar-refractivity contribution is 5.35. The highest BCUT2D eigenvalue weighted by atomic mass is 16.5. The minimum absolute atomic E-state index is 0.155. The van der Waals surface area contributed by atoms with Crippen LogP contribution in [0.1, 0.15) is 37.8 Å². The lowest BCUT2D eigenvalue weighted by Crippen LogP contribution is -2.34. The minimum Gasteiger partial charge on any atom is -0.496 e. The Bertz CT molecular complexity index is 438. The summed E-state index contributed by atoms with van der Waals surface area (Å²) in [6.07, 6.45) is 3.26. The molecule has 96 valence electrons. The summed E-state index contributed by atoms with van der Waals surface area (Å²) >= 11 is 0. The summed E-state index contributed by atoms with van der Waals surface area (Å²) in [5.41, 5.74) is 1.16. The molecule has 0 amide bonds. The van der Waals surface area contributed by atoms with E-state index in [-0.39, 0.29) is 12.0 Å². The lowest BCUT2D eigenvalue weighted by atomic mass is 10.0. The van der Waals surface area contributed by atoms with E-state index in [2.05, 4.69) is 24.4 Å².